The number of sulfonamides is 2. The van der Waals surface area contributed by atoms with Gasteiger partial charge in [0.05, 0.1) is 35.9 Å². The number of hydrogen-bond donors (Lipinski definition) is 0. The summed E-state index contributed by atoms with van der Waals surface area (Å²) in [7, 11) is -8.44. The van der Waals surface area contributed by atoms with Crippen LogP contribution in [0.15, 0.2) is 9.04 Å². The van der Waals surface area contributed by atoms with Crippen molar-refractivity contribution in [2.75, 3.05) is 13.2 Å². The van der Waals surface area contributed by atoms with Crippen molar-refractivity contribution in [1.82, 2.24) is 0 Å². The first kappa shape index (κ1) is 19.2. The van der Waals surface area contributed by atoms with Crippen molar-refractivity contribution < 1.29 is 26.3 Å². The van der Waals surface area contributed by atoms with Gasteiger partial charge in [0.1, 0.15) is 0 Å². The maximum atomic E-state index is 12.3. The van der Waals surface area contributed by atoms with Gasteiger partial charge in [0, 0.05) is 18.9 Å². The summed E-state index contributed by atoms with van der Waals surface area (Å²) in [6.45, 7) is 1.05. The Bertz CT molecular complexity index is 785. The average molecular weight is 406 g/mol. The minimum Gasteiger partial charge on any atom is -0.373 e. The molecule has 6 atom stereocenters. The number of rotatable bonds is 6. The van der Waals surface area contributed by atoms with Gasteiger partial charge in [-0.15, -0.1) is 0 Å². The zero-order valence-electron chi connectivity index (χ0n) is 13.7. The number of hydrogen-bond acceptors (Lipinski definition) is 6. The Balaban J connectivity index is 1.94. The number of ether oxygens (including phenoxy) is 2. The van der Waals surface area contributed by atoms with Gasteiger partial charge in [-0.25, -0.2) is 16.8 Å². The predicted octanol–water partition coefficient (Wildman–Crippen LogP) is 1.61. The standard InChI is InChI=1S/C12H18N6O6S2/c13-15-17-25(19,20)9-2-7(11-5-23-11)1-8(12-6-24-12)3-10(4-9)26(21,22)18-16-14/h7-12H,1-6H2. The van der Waals surface area contributed by atoms with E-state index < -0.39 is 30.5 Å². The van der Waals surface area contributed by atoms with E-state index in [1.165, 1.54) is 0 Å². The zero-order valence-corrected chi connectivity index (χ0v) is 15.3. The van der Waals surface area contributed by atoms with Crippen molar-refractivity contribution in [2.24, 2.45) is 20.9 Å². The van der Waals surface area contributed by atoms with Gasteiger partial charge >= 0.3 is 0 Å². The molecule has 26 heavy (non-hydrogen) atoms. The van der Waals surface area contributed by atoms with E-state index in [9.17, 15) is 16.8 Å². The first-order chi connectivity index (χ1) is 12.3. The second kappa shape index (κ2) is 7.22. The number of nitrogens with zero attached hydrogens (tertiary/aromatic N) is 6. The van der Waals surface area contributed by atoms with E-state index in [0.29, 0.717) is 19.6 Å². The molecule has 0 aromatic heterocycles. The highest BCUT2D eigenvalue weighted by Crippen LogP contribution is 2.42. The molecule has 0 aromatic rings. The Labute approximate surface area is 150 Å². The van der Waals surface area contributed by atoms with E-state index in [1.54, 1.807) is 0 Å². The van der Waals surface area contributed by atoms with Crippen LogP contribution < -0.4 is 0 Å². The molecule has 1 saturated carbocycles. The van der Waals surface area contributed by atoms with Crippen LogP contribution in [0.2, 0.25) is 0 Å². The minimum absolute atomic E-state index is 0.0784. The first-order valence-corrected chi connectivity index (χ1v) is 11.1. The maximum Gasteiger partial charge on any atom is 0.238 e. The third kappa shape index (κ3) is 4.40. The number of azide groups is 2. The van der Waals surface area contributed by atoms with Crippen molar-refractivity contribution in [2.45, 2.75) is 48.4 Å². The van der Waals surface area contributed by atoms with Crippen molar-refractivity contribution >= 4 is 20.0 Å². The van der Waals surface area contributed by atoms with Gasteiger partial charge in [-0.05, 0) is 48.6 Å². The lowest BCUT2D eigenvalue weighted by molar-refractivity contribution is 0.209. The second-order valence-electron chi connectivity index (χ2n) is 6.82. The van der Waals surface area contributed by atoms with Crippen LogP contribution in [0.4, 0.5) is 0 Å². The van der Waals surface area contributed by atoms with Gasteiger partial charge in [0.25, 0.3) is 0 Å². The summed E-state index contributed by atoms with van der Waals surface area (Å²) in [5, 5.41) is -2.36. The molecule has 0 N–H and O–H groups in total. The van der Waals surface area contributed by atoms with Crippen LogP contribution in [0.25, 0.3) is 20.9 Å². The molecule has 0 bridgehead atoms. The van der Waals surface area contributed by atoms with Crippen LogP contribution >= 0.6 is 0 Å². The Morgan fingerprint density at radius 1 is 0.731 bits per heavy atom. The average Bonchev–Trinajstić information content (AvgIpc) is 3.39. The first-order valence-electron chi connectivity index (χ1n) is 8.10. The largest absolute Gasteiger partial charge is 0.373 e. The topological polar surface area (TPSA) is 191 Å². The zero-order chi connectivity index (χ0) is 18.9. The van der Waals surface area contributed by atoms with Gasteiger partial charge in [0.2, 0.25) is 20.0 Å². The van der Waals surface area contributed by atoms with Gasteiger partial charge < -0.3 is 9.47 Å². The van der Waals surface area contributed by atoms with Crippen molar-refractivity contribution in [3.8, 4) is 0 Å². The highest BCUT2D eigenvalue weighted by Gasteiger charge is 2.47. The summed E-state index contributed by atoms with van der Waals surface area (Å²) in [6.07, 6.45) is 0.333. The smallest absolute Gasteiger partial charge is 0.238 e. The fourth-order valence-corrected chi connectivity index (χ4v) is 6.25. The molecule has 0 spiro atoms. The SMILES string of the molecule is [N-]=[N+]=NS(=O)(=O)C1CC(C2CO2)CC(C2CO2)CC(S(=O)(=O)N=[N+]=[N-])C1. The molecule has 3 fully saturated rings. The van der Waals surface area contributed by atoms with Crippen LogP contribution in [-0.2, 0) is 29.5 Å². The van der Waals surface area contributed by atoms with Crippen LogP contribution in [-0.4, -0.2) is 52.8 Å². The molecule has 3 rings (SSSR count). The molecule has 12 nitrogen and oxygen atoms in total. The molecule has 0 amide bonds. The molecule has 2 heterocycles. The molecule has 0 radical (unpaired) electrons. The Kier molecular flexibility index (Phi) is 5.33. The molecular formula is C12H18N6O6S2. The molecule has 14 heteroatoms. The van der Waals surface area contributed by atoms with E-state index in [1.807, 2.05) is 0 Å². The normalized spacial score (nSPS) is 37.4. The van der Waals surface area contributed by atoms with Crippen molar-refractivity contribution in [1.29, 1.82) is 0 Å². The summed E-state index contributed by atoms with van der Waals surface area (Å²) < 4.78 is 65.7. The summed E-state index contributed by atoms with van der Waals surface area (Å²) in [4.78, 5) is 4.71. The highest BCUT2D eigenvalue weighted by atomic mass is 32.2. The van der Waals surface area contributed by atoms with Crippen LogP contribution in [0.1, 0.15) is 25.7 Å². The van der Waals surface area contributed by atoms with Gasteiger partial charge in [-0.2, -0.15) is 0 Å². The lowest BCUT2D eigenvalue weighted by Gasteiger charge is -2.32. The van der Waals surface area contributed by atoms with Gasteiger partial charge in [0.15, 0.2) is 0 Å². The van der Waals surface area contributed by atoms with Gasteiger partial charge in [-0.1, -0.05) is 0 Å². The fraction of sp³-hybridized carbons (Fsp3) is 1.00. The van der Waals surface area contributed by atoms with E-state index in [0.717, 1.165) is 0 Å². The fourth-order valence-electron chi connectivity index (χ4n) is 3.73. The third-order valence-electron chi connectivity index (χ3n) is 5.18. The molecule has 6 unspecified atom stereocenters. The molecule has 2 saturated heterocycles. The van der Waals surface area contributed by atoms with Crippen molar-refractivity contribution in [3.05, 3.63) is 20.9 Å². The molecule has 2 aliphatic heterocycles. The summed E-state index contributed by atoms with van der Waals surface area (Å²) in [6, 6.07) is 0. The summed E-state index contributed by atoms with van der Waals surface area (Å²) in [5.41, 5.74) is 17.1. The summed E-state index contributed by atoms with van der Waals surface area (Å²) >= 11 is 0. The molecule has 3 aliphatic rings. The lowest BCUT2D eigenvalue weighted by Crippen LogP contribution is -2.37. The van der Waals surface area contributed by atoms with Crippen LogP contribution in [0.3, 0.4) is 0 Å². The third-order valence-corrected chi connectivity index (χ3v) is 8.23. The predicted molar refractivity (Wildman–Crippen MR) is 88.6 cm³/mol. The van der Waals surface area contributed by atoms with Crippen LogP contribution in [0.5, 0.6) is 0 Å². The molecule has 0 aromatic carbocycles. The highest BCUT2D eigenvalue weighted by molar-refractivity contribution is 7.91. The maximum absolute atomic E-state index is 12.3. The monoisotopic (exact) mass is 406 g/mol. The van der Waals surface area contributed by atoms with E-state index >= 15 is 0 Å². The lowest BCUT2D eigenvalue weighted by atomic mass is 9.81. The Hall–Kier alpha value is -1.56. The molecular weight excluding hydrogens is 388 g/mol. The second-order valence-corrected chi connectivity index (χ2v) is 10.5. The van der Waals surface area contributed by atoms with Gasteiger partial charge in [-0.3, -0.25) is 0 Å². The Morgan fingerprint density at radius 2 is 1.12 bits per heavy atom. The minimum atomic E-state index is -4.22. The van der Waals surface area contributed by atoms with Crippen LogP contribution in [0, 0.1) is 11.8 Å². The van der Waals surface area contributed by atoms with E-state index in [2.05, 4.69) is 18.9 Å². The van der Waals surface area contributed by atoms with E-state index in [-0.39, 0.29) is 43.3 Å². The number of epoxide rings is 2. The molecule has 1 aliphatic carbocycles. The van der Waals surface area contributed by atoms with Crippen molar-refractivity contribution in [3.63, 3.8) is 0 Å². The molecule has 144 valence electrons. The summed E-state index contributed by atoms with van der Waals surface area (Å²) in [5.74, 6) is -0.193. The van der Waals surface area contributed by atoms with E-state index in [4.69, 9.17) is 20.5 Å². The Morgan fingerprint density at radius 3 is 1.42 bits per heavy atom. The quantitative estimate of drug-likeness (QED) is 0.278.